The van der Waals surface area contributed by atoms with Gasteiger partial charge in [-0.2, -0.15) is 0 Å². The largest absolute Gasteiger partial charge is 0.0985 e. The molecule has 9 heavy (non-hydrogen) atoms. The van der Waals surface area contributed by atoms with Crippen LogP contribution in [0.5, 0.6) is 0 Å². The molecule has 0 nitrogen and oxygen atoms in total. The van der Waals surface area contributed by atoms with Crippen molar-refractivity contribution in [2.45, 2.75) is 6.42 Å². The molecule has 0 heteroatoms. The molecule has 0 atom stereocenters. The molecule has 0 aromatic carbocycles. The zero-order chi connectivity index (χ0) is 6.69. The SMILES string of the molecule is C=CC(=C)C1=CC=CC1. The van der Waals surface area contributed by atoms with Gasteiger partial charge < -0.3 is 0 Å². The summed E-state index contributed by atoms with van der Waals surface area (Å²) in [6.07, 6.45) is 9.04. The second kappa shape index (κ2) is 2.49. The van der Waals surface area contributed by atoms with Crippen LogP contribution < -0.4 is 0 Å². The molecule has 0 fully saturated rings. The van der Waals surface area contributed by atoms with E-state index in [1.54, 1.807) is 6.08 Å². The van der Waals surface area contributed by atoms with Crippen LogP contribution >= 0.6 is 0 Å². The molecule has 0 amide bonds. The van der Waals surface area contributed by atoms with E-state index in [4.69, 9.17) is 0 Å². The van der Waals surface area contributed by atoms with Crippen molar-refractivity contribution in [2.24, 2.45) is 0 Å². The van der Waals surface area contributed by atoms with E-state index in [-0.39, 0.29) is 0 Å². The highest BCUT2D eigenvalue weighted by Gasteiger charge is 1.98. The Morgan fingerprint density at radius 1 is 1.67 bits per heavy atom. The van der Waals surface area contributed by atoms with Crippen LogP contribution in [0, 0.1) is 0 Å². The zero-order valence-corrected chi connectivity index (χ0v) is 5.43. The van der Waals surface area contributed by atoms with Gasteiger partial charge in [0.2, 0.25) is 0 Å². The summed E-state index contributed by atoms with van der Waals surface area (Å²) < 4.78 is 0. The predicted molar refractivity (Wildman–Crippen MR) is 41.2 cm³/mol. The molecule has 1 rings (SSSR count). The zero-order valence-electron chi connectivity index (χ0n) is 5.43. The Balaban J connectivity index is 2.65. The Kier molecular flexibility index (Phi) is 1.69. The molecule has 0 unspecified atom stereocenters. The van der Waals surface area contributed by atoms with Gasteiger partial charge in [0.05, 0.1) is 0 Å². The highest BCUT2D eigenvalue weighted by Crippen LogP contribution is 2.18. The van der Waals surface area contributed by atoms with Crippen LogP contribution in [0.2, 0.25) is 0 Å². The first-order valence-corrected chi connectivity index (χ1v) is 3.02. The maximum Gasteiger partial charge on any atom is -0.00886 e. The van der Waals surface area contributed by atoms with Crippen molar-refractivity contribution in [3.8, 4) is 0 Å². The molecule has 0 bridgehead atoms. The minimum absolute atomic E-state index is 1.02. The first kappa shape index (κ1) is 6.09. The van der Waals surface area contributed by atoms with Crippen molar-refractivity contribution < 1.29 is 0 Å². The van der Waals surface area contributed by atoms with Crippen LogP contribution in [0.3, 0.4) is 0 Å². The summed E-state index contributed by atoms with van der Waals surface area (Å²) in [6, 6.07) is 0. The van der Waals surface area contributed by atoms with Crippen molar-refractivity contribution >= 4 is 0 Å². The third kappa shape index (κ3) is 1.20. The van der Waals surface area contributed by atoms with E-state index >= 15 is 0 Å². The van der Waals surface area contributed by atoms with E-state index < -0.39 is 0 Å². The Morgan fingerprint density at radius 3 is 2.89 bits per heavy atom. The second-order valence-corrected chi connectivity index (χ2v) is 2.05. The molecule has 0 radical (unpaired) electrons. The first-order chi connectivity index (χ1) is 4.34. The fourth-order valence-electron chi connectivity index (χ4n) is 0.816. The van der Waals surface area contributed by atoms with Gasteiger partial charge in [-0.15, -0.1) is 0 Å². The molecule has 1 aliphatic rings. The van der Waals surface area contributed by atoms with Crippen LogP contribution in [-0.4, -0.2) is 0 Å². The van der Waals surface area contributed by atoms with Gasteiger partial charge in [-0.1, -0.05) is 37.5 Å². The third-order valence-electron chi connectivity index (χ3n) is 1.43. The van der Waals surface area contributed by atoms with Gasteiger partial charge in [-0.05, 0) is 17.6 Å². The normalized spacial score (nSPS) is 15.3. The van der Waals surface area contributed by atoms with Gasteiger partial charge in [0.25, 0.3) is 0 Å². The topological polar surface area (TPSA) is 0 Å². The van der Waals surface area contributed by atoms with Crippen molar-refractivity contribution in [3.05, 3.63) is 48.6 Å². The molecule has 0 N–H and O–H groups in total. The van der Waals surface area contributed by atoms with Gasteiger partial charge in [-0.3, -0.25) is 0 Å². The standard InChI is InChI=1S/C9H10/c1-3-8(2)9-6-4-5-7-9/h3-6H,1-2,7H2. The summed E-state index contributed by atoms with van der Waals surface area (Å²) in [6.45, 7) is 7.47. The Morgan fingerprint density at radius 2 is 2.44 bits per heavy atom. The fourth-order valence-corrected chi connectivity index (χ4v) is 0.816. The molecule has 1 aliphatic carbocycles. The fraction of sp³-hybridized carbons (Fsp3) is 0.111. The van der Waals surface area contributed by atoms with Crippen LogP contribution in [0.25, 0.3) is 0 Å². The van der Waals surface area contributed by atoms with E-state index in [9.17, 15) is 0 Å². The number of rotatable bonds is 2. The maximum absolute atomic E-state index is 3.83. The molecule has 46 valence electrons. The summed E-state index contributed by atoms with van der Waals surface area (Å²) in [5.41, 5.74) is 2.32. The van der Waals surface area contributed by atoms with Crippen LogP contribution in [0.15, 0.2) is 48.6 Å². The lowest BCUT2D eigenvalue weighted by Crippen LogP contribution is -1.77. The highest BCUT2D eigenvalue weighted by molar-refractivity contribution is 5.42. The number of hydrogen-bond acceptors (Lipinski definition) is 0. The Labute approximate surface area is 55.9 Å². The van der Waals surface area contributed by atoms with E-state index in [0.29, 0.717) is 0 Å². The van der Waals surface area contributed by atoms with Crippen LogP contribution in [-0.2, 0) is 0 Å². The van der Waals surface area contributed by atoms with Gasteiger partial charge in [-0.25, -0.2) is 0 Å². The van der Waals surface area contributed by atoms with E-state index in [1.165, 1.54) is 5.57 Å². The van der Waals surface area contributed by atoms with E-state index in [2.05, 4.69) is 25.3 Å². The lowest BCUT2D eigenvalue weighted by molar-refractivity contribution is 1.29. The monoisotopic (exact) mass is 118 g/mol. The van der Waals surface area contributed by atoms with Gasteiger partial charge in [0.1, 0.15) is 0 Å². The number of hydrogen-bond donors (Lipinski definition) is 0. The maximum atomic E-state index is 3.83. The van der Waals surface area contributed by atoms with E-state index in [0.717, 1.165) is 12.0 Å². The summed E-state index contributed by atoms with van der Waals surface area (Å²) in [4.78, 5) is 0. The molecule has 0 spiro atoms. The van der Waals surface area contributed by atoms with Gasteiger partial charge in [0.15, 0.2) is 0 Å². The Bertz CT molecular complexity index is 192. The van der Waals surface area contributed by atoms with Crippen molar-refractivity contribution in [1.29, 1.82) is 0 Å². The molecule has 0 heterocycles. The van der Waals surface area contributed by atoms with Crippen molar-refractivity contribution in [2.75, 3.05) is 0 Å². The minimum atomic E-state index is 1.02. The molecule has 0 aromatic heterocycles. The summed E-state index contributed by atoms with van der Waals surface area (Å²) in [7, 11) is 0. The molecular formula is C9H10. The Hall–Kier alpha value is -1.04. The predicted octanol–water partition coefficient (Wildman–Crippen LogP) is 2.61. The lowest BCUT2D eigenvalue weighted by Gasteiger charge is -1.96. The van der Waals surface area contributed by atoms with Gasteiger partial charge in [0, 0.05) is 0 Å². The lowest BCUT2D eigenvalue weighted by atomic mass is 10.1. The first-order valence-electron chi connectivity index (χ1n) is 3.02. The molecule has 0 saturated carbocycles. The summed E-state index contributed by atoms with van der Waals surface area (Å²) >= 11 is 0. The number of allylic oxidation sites excluding steroid dienone is 6. The van der Waals surface area contributed by atoms with Crippen LogP contribution in [0.1, 0.15) is 6.42 Å². The smallest absolute Gasteiger partial charge is 0.00886 e. The summed E-state index contributed by atoms with van der Waals surface area (Å²) in [5, 5.41) is 0. The molecule has 0 aliphatic heterocycles. The minimum Gasteiger partial charge on any atom is -0.0985 e. The van der Waals surface area contributed by atoms with Gasteiger partial charge >= 0.3 is 0 Å². The molecule has 0 saturated heterocycles. The molecular weight excluding hydrogens is 108 g/mol. The highest BCUT2D eigenvalue weighted by atomic mass is 14.0. The van der Waals surface area contributed by atoms with E-state index in [1.807, 2.05) is 6.08 Å². The average Bonchev–Trinajstić information content (AvgIpc) is 2.37. The van der Waals surface area contributed by atoms with Crippen LogP contribution in [0.4, 0.5) is 0 Å². The average molecular weight is 118 g/mol. The second-order valence-electron chi connectivity index (χ2n) is 2.05. The van der Waals surface area contributed by atoms with Crippen molar-refractivity contribution in [1.82, 2.24) is 0 Å². The molecule has 0 aromatic rings. The van der Waals surface area contributed by atoms with Crippen molar-refractivity contribution in [3.63, 3.8) is 0 Å². The quantitative estimate of drug-likeness (QED) is 0.489. The summed E-state index contributed by atoms with van der Waals surface area (Å²) in [5.74, 6) is 0. The third-order valence-corrected chi connectivity index (χ3v) is 1.43.